The molecule has 0 aliphatic carbocycles. The first kappa shape index (κ1) is 13.4. The van der Waals surface area contributed by atoms with Crippen molar-refractivity contribution < 1.29 is 18.0 Å². The molecule has 1 rings (SSSR count). The van der Waals surface area contributed by atoms with Crippen LogP contribution in [-0.2, 0) is 4.79 Å². The molecule has 1 heterocycles. The number of hydrogen-bond acceptors (Lipinski definition) is 3. The van der Waals surface area contributed by atoms with E-state index in [0.717, 1.165) is 5.56 Å². The van der Waals surface area contributed by atoms with Crippen LogP contribution >= 0.6 is 0 Å². The zero-order valence-corrected chi connectivity index (χ0v) is 9.14. The van der Waals surface area contributed by atoms with Crippen molar-refractivity contribution in [1.82, 2.24) is 10.3 Å². The van der Waals surface area contributed by atoms with E-state index in [1.165, 1.54) is 6.20 Å². The molecule has 2 N–H and O–H groups in total. The third-order valence-corrected chi connectivity index (χ3v) is 1.77. The van der Waals surface area contributed by atoms with E-state index >= 15 is 0 Å². The molecule has 0 unspecified atom stereocenters. The maximum atomic E-state index is 11.8. The molecule has 4 nitrogen and oxygen atoms in total. The summed E-state index contributed by atoms with van der Waals surface area (Å²) in [5.74, 6) is -0.540. The van der Waals surface area contributed by atoms with Crippen LogP contribution in [0.15, 0.2) is 18.5 Å². The first-order chi connectivity index (χ1) is 7.87. The van der Waals surface area contributed by atoms with Gasteiger partial charge in [0.05, 0.1) is 25.0 Å². The summed E-state index contributed by atoms with van der Waals surface area (Å²) in [4.78, 5) is 15.1. The van der Waals surface area contributed by atoms with E-state index in [-0.39, 0.29) is 0 Å². The minimum atomic E-state index is -4.31. The predicted octanol–water partition coefficient (Wildman–Crippen LogP) is 1.48. The number of nitrogens with zero attached hydrogens (tertiary/aromatic N) is 1. The van der Waals surface area contributed by atoms with Gasteiger partial charge in [0.1, 0.15) is 0 Å². The molecule has 0 spiro atoms. The second-order valence-electron chi connectivity index (χ2n) is 3.52. The molecule has 0 aliphatic heterocycles. The lowest BCUT2D eigenvalue weighted by molar-refractivity contribution is -0.126. The van der Waals surface area contributed by atoms with Crippen molar-refractivity contribution in [3.63, 3.8) is 0 Å². The summed E-state index contributed by atoms with van der Waals surface area (Å²) in [7, 11) is 0. The van der Waals surface area contributed by atoms with Crippen molar-refractivity contribution in [1.29, 1.82) is 0 Å². The molecule has 1 aromatic rings. The highest BCUT2D eigenvalue weighted by molar-refractivity contribution is 5.92. The number of pyridine rings is 1. The average molecular weight is 247 g/mol. The van der Waals surface area contributed by atoms with Crippen LogP contribution in [0.3, 0.4) is 0 Å². The van der Waals surface area contributed by atoms with Gasteiger partial charge in [0.25, 0.3) is 0 Å². The van der Waals surface area contributed by atoms with Crippen molar-refractivity contribution in [3.05, 3.63) is 24.0 Å². The standard InChI is InChI=1S/C10H12F3N3O/c1-7-2-8(4-14-3-7)16-9(17)5-15-6-10(11,12)13/h2-4,15H,5-6H2,1H3,(H,16,17). The topological polar surface area (TPSA) is 54.0 Å². The quantitative estimate of drug-likeness (QED) is 0.847. The number of carbonyl (C=O) groups excluding carboxylic acids is 1. The van der Waals surface area contributed by atoms with E-state index in [4.69, 9.17) is 0 Å². The lowest BCUT2D eigenvalue weighted by Gasteiger charge is -2.08. The summed E-state index contributed by atoms with van der Waals surface area (Å²) < 4.78 is 35.3. The third kappa shape index (κ3) is 5.86. The van der Waals surface area contributed by atoms with Gasteiger partial charge in [-0.05, 0) is 18.6 Å². The highest BCUT2D eigenvalue weighted by atomic mass is 19.4. The van der Waals surface area contributed by atoms with Gasteiger partial charge in [0, 0.05) is 6.20 Å². The summed E-state index contributed by atoms with van der Waals surface area (Å²) in [6.07, 6.45) is -1.28. The first-order valence-corrected chi connectivity index (χ1v) is 4.86. The molecule has 17 heavy (non-hydrogen) atoms. The van der Waals surface area contributed by atoms with Gasteiger partial charge in [-0.25, -0.2) is 0 Å². The number of amides is 1. The van der Waals surface area contributed by atoms with E-state index in [1.807, 2.05) is 5.32 Å². The fourth-order valence-electron chi connectivity index (χ4n) is 1.15. The molecule has 0 atom stereocenters. The number of rotatable bonds is 4. The zero-order chi connectivity index (χ0) is 12.9. The second kappa shape index (κ2) is 5.62. The van der Waals surface area contributed by atoms with Crippen molar-refractivity contribution in [2.75, 3.05) is 18.4 Å². The number of hydrogen-bond donors (Lipinski definition) is 2. The highest BCUT2D eigenvalue weighted by Crippen LogP contribution is 2.12. The molecule has 0 radical (unpaired) electrons. The third-order valence-electron chi connectivity index (χ3n) is 1.77. The van der Waals surface area contributed by atoms with Gasteiger partial charge >= 0.3 is 6.18 Å². The Labute approximate surface area is 96.2 Å². The fraction of sp³-hybridized carbons (Fsp3) is 0.400. The number of nitrogens with one attached hydrogen (secondary N) is 2. The molecule has 0 aromatic carbocycles. The monoisotopic (exact) mass is 247 g/mol. The highest BCUT2D eigenvalue weighted by Gasteiger charge is 2.26. The van der Waals surface area contributed by atoms with Crippen molar-refractivity contribution >= 4 is 11.6 Å². The predicted molar refractivity (Wildman–Crippen MR) is 56.5 cm³/mol. The second-order valence-corrected chi connectivity index (χ2v) is 3.52. The van der Waals surface area contributed by atoms with E-state index in [1.54, 1.807) is 19.2 Å². The van der Waals surface area contributed by atoms with Gasteiger partial charge in [-0.15, -0.1) is 0 Å². The minimum Gasteiger partial charge on any atom is -0.324 e. The number of alkyl halides is 3. The minimum absolute atomic E-state index is 0.395. The zero-order valence-electron chi connectivity index (χ0n) is 9.14. The van der Waals surface area contributed by atoms with Crippen LogP contribution in [0.1, 0.15) is 5.56 Å². The molecule has 0 aliphatic rings. The van der Waals surface area contributed by atoms with Crippen molar-refractivity contribution in [2.45, 2.75) is 13.1 Å². The van der Waals surface area contributed by atoms with Crippen LogP contribution in [0.25, 0.3) is 0 Å². The lowest BCUT2D eigenvalue weighted by atomic mass is 10.3. The molecule has 1 aromatic heterocycles. The summed E-state index contributed by atoms with van der Waals surface area (Å²) in [5.41, 5.74) is 1.31. The van der Waals surface area contributed by atoms with Crippen molar-refractivity contribution in [2.24, 2.45) is 0 Å². The lowest BCUT2D eigenvalue weighted by Crippen LogP contribution is -2.35. The SMILES string of the molecule is Cc1cncc(NC(=O)CNCC(F)(F)F)c1. The Balaban J connectivity index is 2.35. The summed E-state index contributed by atoms with van der Waals surface area (Å²) >= 11 is 0. The van der Waals surface area contributed by atoms with Crippen LogP contribution in [0.4, 0.5) is 18.9 Å². The first-order valence-electron chi connectivity index (χ1n) is 4.86. The van der Waals surface area contributed by atoms with Gasteiger partial charge in [-0.1, -0.05) is 0 Å². The van der Waals surface area contributed by atoms with Gasteiger partial charge in [0.15, 0.2) is 0 Å². The van der Waals surface area contributed by atoms with Crippen LogP contribution in [0.5, 0.6) is 0 Å². The largest absolute Gasteiger partial charge is 0.401 e. The Morgan fingerprint density at radius 2 is 2.12 bits per heavy atom. The van der Waals surface area contributed by atoms with E-state index < -0.39 is 25.2 Å². The molecule has 0 bridgehead atoms. The maximum Gasteiger partial charge on any atom is 0.401 e. The molecular formula is C10H12F3N3O. The Morgan fingerprint density at radius 3 is 2.71 bits per heavy atom. The Kier molecular flexibility index (Phi) is 4.45. The van der Waals surface area contributed by atoms with Gasteiger partial charge in [-0.3, -0.25) is 9.78 Å². The molecule has 0 fully saturated rings. The Bertz CT molecular complexity index is 393. The van der Waals surface area contributed by atoms with Crippen LogP contribution in [0, 0.1) is 6.92 Å². The summed E-state index contributed by atoms with van der Waals surface area (Å²) in [5, 5.41) is 4.44. The smallest absolute Gasteiger partial charge is 0.324 e. The number of anilines is 1. The van der Waals surface area contributed by atoms with E-state index in [9.17, 15) is 18.0 Å². The van der Waals surface area contributed by atoms with Gasteiger partial charge in [-0.2, -0.15) is 13.2 Å². The van der Waals surface area contributed by atoms with Crippen LogP contribution < -0.4 is 10.6 Å². The number of carbonyl (C=O) groups is 1. The van der Waals surface area contributed by atoms with E-state index in [0.29, 0.717) is 5.69 Å². The van der Waals surface area contributed by atoms with Crippen molar-refractivity contribution in [3.8, 4) is 0 Å². The Hall–Kier alpha value is -1.63. The molecule has 0 saturated heterocycles. The van der Waals surface area contributed by atoms with E-state index in [2.05, 4.69) is 10.3 Å². The molecule has 1 amide bonds. The number of aryl methyl sites for hydroxylation is 1. The summed E-state index contributed by atoms with van der Waals surface area (Å²) in [6, 6.07) is 1.68. The van der Waals surface area contributed by atoms with Crippen LogP contribution in [-0.4, -0.2) is 30.2 Å². The molecule has 7 heteroatoms. The number of halogens is 3. The summed E-state index contributed by atoms with van der Waals surface area (Å²) in [6.45, 7) is 0.213. The average Bonchev–Trinajstić information content (AvgIpc) is 2.15. The molecule has 0 saturated carbocycles. The van der Waals surface area contributed by atoms with Crippen LogP contribution in [0.2, 0.25) is 0 Å². The molecule has 94 valence electrons. The maximum absolute atomic E-state index is 11.8. The normalized spacial score (nSPS) is 11.3. The Morgan fingerprint density at radius 1 is 1.41 bits per heavy atom. The van der Waals surface area contributed by atoms with Gasteiger partial charge in [0.2, 0.25) is 5.91 Å². The fourth-order valence-corrected chi connectivity index (χ4v) is 1.15. The van der Waals surface area contributed by atoms with Gasteiger partial charge < -0.3 is 10.6 Å². The number of aromatic nitrogens is 1. The molecular weight excluding hydrogens is 235 g/mol.